The molecule has 1 aromatic carbocycles. The summed E-state index contributed by atoms with van der Waals surface area (Å²) in [7, 11) is 0. The molecule has 7 nitrogen and oxygen atoms in total. The molecule has 1 aliphatic heterocycles. The number of primary amides is 2. The SMILES string of the molecule is Cc1cc(-c2nn3c(c2C(N)=O)CN(C(N)=O)CC3)ccc1Cl. The van der Waals surface area contributed by atoms with Crippen LogP contribution in [-0.2, 0) is 13.1 Å². The van der Waals surface area contributed by atoms with Crippen LogP contribution in [0.2, 0.25) is 5.02 Å². The first-order chi connectivity index (χ1) is 10.9. The summed E-state index contributed by atoms with van der Waals surface area (Å²) in [6.07, 6.45) is 0. The van der Waals surface area contributed by atoms with Gasteiger partial charge in [0, 0.05) is 17.1 Å². The van der Waals surface area contributed by atoms with Crippen LogP contribution in [0.1, 0.15) is 21.6 Å². The lowest BCUT2D eigenvalue weighted by atomic mass is 10.0. The molecule has 0 saturated heterocycles. The van der Waals surface area contributed by atoms with Crippen LogP contribution in [-0.4, -0.2) is 33.2 Å². The monoisotopic (exact) mass is 333 g/mol. The Kier molecular flexibility index (Phi) is 3.73. The highest BCUT2D eigenvalue weighted by Crippen LogP contribution is 2.30. The van der Waals surface area contributed by atoms with E-state index < -0.39 is 11.9 Å². The lowest BCUT2D eigenvalue weighted by Crippen LogP contribution is -2.42. The van der Waals surface area contributed by atoms with E-state index in [1.54, 1.807) is 16.8 Å². The minimum atomic E-state index is -0.583. The van der Waals surface area contributed by atoms with Crippen molar-refractivity contribution in [1.29, 1.82) is 0 Å². The van der Waals surface area contributed by atoms with Gasteiger partial charge in [-0.1, -0.05) is 17.7 Å². The van der Waals surface area contributed by atoms with Crippen LogP contribution in [0.4, 0.5) is 4.79 Å². The van der Waals surface area contributed by atoms with E-state index >= 15 is 0 Å². The summed E-state index contributed by atoms with van der Waals surface area (Å²) in [6, 6.07) is 4.87. The molecule has 1 aliphatic rings. The molecule has 0 bridgehead atoms. The van der Waals surface area contributed by atoms with Crippen molar-refractivity contribution < 1.29 is 9.59 Å². The van der Waals surface area contributed by atoms with Gasteiger partial charge in [0.2, 0.25) is 0 Å². The highest BCUT2D eigenvalue weighted by atomic mass is 35.5. The Labute approximate surface area is 137 Å². The fourth-order valence-electron chi connectivity index (χ4n) is 2.76. The average molecular weight is 334 g/mol. The standard InChI is InChI=1S/C15H16ClN5O2/c1-8-6-9(2-3-10(8)16)13-12(14(17)22)11-7-20(15(18)23)4-5-21(11)19-13/h2-3,6H,4-5,7H2,1H3,(H2,17,22)(H2,18,23). The fourth-order valence-corrected chi connectivity index (χ4v) is 2.88. The summed E-state index contributed by atoms with van der Waals surface area (Å²) in [5.41, 5.74) is 13.9. The summed E-state index contributed by atoms with van der Waals surface area (Å²) >= 11 is 6.05. The Morgan fingerprint density at radius 1 is 1.26 bits per heavy atom. The molecule has 0 unspecified atom stereocenters. The first-order valence-corrected chi connectivity index (χ1v) is 7.46. The topological polar surface area (TPSA) is 107 Å². The molecule has 120 valence electrons. The highest BCUT2D eigenvalue weighted by molar-refractivity contribution is 6.31. The van der Waals surface area contributed by atoms with Crippen molar-refractivity contribution in [2.45, 2.75) is 20.0 Å². The van der Waals surface area contributed by atoms with Gasteiger partial charge in [-0.3, -0.25) is 9.48 Å². The zero-order valence-corrected chi connectivity index (χ0v) is 13.3. The molecule has 8 heteroatoms. The largest absolute Gasteiger partial charge is 0.365 e. The maximum Gasteiger partial charge on any atom is 0.315 e. The quantitative estimate of drug-likeness (QED) is 0.869. The number of urea groups is 1. The van der Waals surface area contributed by atoms with Crippen molar-refractivity contribution in [1.82, 2.24) is 14.7 Å². The number of rotatable bonds is 2. The summed E-state index contributed by atoms with van der Waals surface area (Å²) in [5.74, 6) is -0.583. The van der Waals surface area contributed by atoms with Crippen LogP contribution in [0.3, 0.4) is 0 Å². The Hall–Kier alpha value is -2.54. The number of halogens is 1. The third-order valence-electron chi connectivity index (χ3n) is 3.97. The summed E-state index contributed by atoms with van der Waals surface area (Å²) in [6.45, 7) is 3.00. The number of nitrogens with two attached hydrogens (primary N) is 2. The second-order valence-electron chi connectivity index (χ2n) is 5.48. The summed E-state index contributed by atoms with van der Waals surface area (Å²) in [5, 5.41) is 5.14. The first kappa shape index (κ1) is 15.4. The third kappa shape index (κ3) is 2.63. The molecule has 0 aliphatic carbocycles. The van der Waals surface area contributed by atoms with Gasteiger partial charge in [0.25, 0.3) is 5.91 Å². The molecule has 2 heterocycles. The molecule has 3 rings (SSSR count). The Morgan fingerprint density at radius 2 is 2.00 bits per heavy atom. The van der Waals surface area contributed by atoms with E-state index in [1.807, 2.05) is 13.0 Å². The lowest BCUT2D eigenvalue weighted by molar-refractivity contribution is 0.0997. The molecule has 0 radical (unpaired) electrons. The third-order valence-corrected chi connectivity index (χ3v) is 4.39. The van der Waals surface area contributed by atoms with Crippen LogP contribution in [0.25, 0.3) is 11.3 Å². The van der Waals surface area contributed by atoms with E-state index in [4.69, 9.17) is 23.1 Å². The normalized spacial score (nSPS) is 13.7. The minimum absolute atomic E-state index is 0.215. The molecule has 4 N–H and O–H groups in total. The molecule has 23 heavy (non-hydrogen) atoms. The van der Waals surface area contributed by atoms with Crippen LogP contribution < -0.4 is 11.5 Å². The Balaban J connectivity index is 2.14. The van der Waals surface area contributed by atoms with E-state index in [-0.39, 0.29) is 6.54 Å². The van der Waals surface area contributed by atoms with Gasteiger partial charge in [-0.05, 0) is 24.6 Å². The molecule has 0 atom stereocenters. The van der Waals surface area contributed by atoms with Crippen molar-refractivity contribution in [3.63, 3.8) is 0 Å². The summed E-state index contributed by atoms with van der Waals surface area (Å²) < 4.78 is 1.71. The Bertz CT molecular complexity index is 814. The van der Waals surface area contributed by atoms with Gasteiger partial charge in [-0.25, -0.2) is 4.79 Å². The van der Waals surface area contributed by atoms with Crippen molar-refractivity contribution >= 4 is 23.5 Å². The number of aromatic nitrogens is 2. The summed E-state index contributed by atoms with van der Waals surface area (Å²) in [4.78, 5) is 24.8. The first-order valence-electron chi connectivity index (χ1n) is 7.09. The van der Waals surface area contributed by atoms with Crippen LogP contribution in [0.5, 0.6) is 0 Å². The number of hydrogen-bond acceptors (Lipinski definition) is 3. The smallest absolute Gasteiger partial charge is 0.315 e. The zero-order chi connectivity index (χ0) is 16.7. The van der Waals surface area contributed by atoms with E-state index in [2.05, 4.69) is 5.10 Å². The lowest BCUT2D eigenvalue weighted by Gasteiger charge is -2.26. The van der Waals surface area contributed by atoms with Crippen molar-refractivity contribution in [3.05, 3.63) is 40.0 Å². The number of benzene rings is 1. The second kappa shape index (κ2) is 5.58. The van der Waals surface area contributed by atoms with Crippen LogP contribution >= 0.6 is 11.6 Å². The molecular formula is C15H16ClN5O2. The maximum atomic E-state index is 12.0. The van der Waals surface area contributed by atoms with E-state index in [9.17, 15) is 9.59 Å². The predicted molar refractivity (Wildman–Crippen MR) is 85.9 cm³/mol. The van der Waals surface area contributed by atoms with Gasteiger partial charge < -0.3 is 16.4 Å². The number of carbonyl (C=O) groups excluding carboxylic acids is 2. The van der Waals surface area contributed by atoms with Gasteiger partial charge in [0.1, 0.15) is 5.69 Å². The zero-order valence-electron chi connectivity index (χ0n) is 12.5. The highest BCUT2D eigenvalue weighted by Gasteiger charge is 2.28. The van der Waals surface area contributed by atoms with Crippen LogP contribution in [0, 0.1) is 6.92 Å². The van der Waals surface area contributed by atoms with Gasteiger partial charge >= 0.3 is 6.03 Å². The second-order valence-corrected chi connectivity index (χ2v) is 5.89. The van der Waals surface area contributed by atoms with Gasteiger partial charge in [-0.2, -0.15) is 5.10 Å². The van der Waals surface area contributed by atoms with E-state index in [1.165, 1.54) is 4.90 Å². The average Bonchev–Trinajstić information content (AvgIpc) is 2.88. The van der Waals surface area contributed by atoms with Crippen molar-refractivity contribution in [3.8, 4) is 11.3 Å². The number of fused-ring (bicyclic) bond motifs is 1. The predicted octanol–water partition coefficient (Wildman–Crippen LogP) is 1.51. The van der Waals surface area contributed by atoms with Gasteiger partial charge in [-0.15, -0.1) is 0 Å². The number of nitrogens with zero attached hydrogens (tertiary/aromatic N) is 3. The molecular weight excluding hydrogens is 318 g/mol. The van der Waals surface area contributed by atoms with E-state index in [0.717, 1.165) is 11.1 Å². The molecule has 2 aromatic rings. The number of aryl methyl sites for hydroxylation is 1. The number of hydrogen-bond donors (Lipinski definition) is 2. The van der Waals surface area contributed by atoms with Crippen LogP contribution in [0.15, 0.2) is 18.2 Å². The van der Waals surface area contributed by atoms with Gasteiger partial charge in [0.15, 0.2) is 0 Å². The molecule has 1 aromatic heterocycles. The van der Waals surface area contributed by atoms with Crippen molar-refractivity contribution in [2.75, 3.05) is 6.54 Å². The fraction of sp³-hybridized carbons (Fsp3) is 0.267. The molecule has 0 saturated carbocycles. The molecule has 3 amide bonds. The number of amides is 3. The number of carbonyl (C=O) groups is 2. The van der Waals surface area contributed by atoms with Gasteiger partial charge in [0.05, 0.1) is 24.3 Å². The molecule has 0 spiro atoms. The molecule has 0 fully saturated rings. The van der Waals surface area contributed by atoms with Crippen molar-refractivity contribution in [2.24, 2.45) is 11.5 Å². The Morgan fingerprint density at radius 3 is 2.61 bits per heavy atom. The maximum absolute atomic E-state index is 12.0. The minimum Gasteiger partial charge on any atom is -0.365 e. The van der Waals surface area contributed by atoms with E-state index in [0.29, 0.717) is 35.1 Å².